The van der Waals surface area contributed by atoms with Crippen molar-refractivity contribution in [2.24, 2.45) is 0 Å². The molecule has 2 aromatic heterocycles. The van der Waals surface area contributed by atoms with Crippen molar-refractivity contribution in [2.45, 2.75) is 53.1 Å². The number of ether oxygens (including phenoxy) is 1. The molecule has 1 fully saturated rings. The van der Waals surface area contributed by atoms with Crippen molar-refractivity contribution < 1.29 is 9.53 Å². The molecule has 5 rings (SSSR count). The molecule has 39 heavy (non-hydrogen) atoms. The van der Waals surface area contributed by atoms with Crippen molar-refractivity contribution in [3.05, 3.63) is 70.4 Å². The van der Waals surface area contributed by atoms with Crippen molar-refractivity contribution >= 4 is 17.2 Å². The fraction of sp³-hybridized carbons (Fsp3) is 0.467. The minimum absolute atomic E-state index is 0.0413. The molecule has 0 saturated carbocycles. The summed E-state index contributed by atoms with van der Waals surface area (Å²) in [7, 11) is 2.13. The SMILES string of the molecule is CCOc1nn(CC)cc1Cc1ncc(C)c(C2=CCc3c(NC(=O)[C@@H](C)N4CCN(C)CC4)cccc32)n1. The monoisotopic (exact) mass is 529 g/mol. The fourth-order valence-electron chi connectivity index (χ4n) is 5.32. The molecule has 0 unspecified atom stereocenters. The predicted molar refractivity (Wildman–Crippen MR) is 153 cm³/mol. The van der Waals surface area contributed by atoms with Gasteiger partial charge in [-0.15, -0.1) is 5.10 Å². The quantitative estimate of drug-likeness (QED) is 0.454. The van der Waals surface area contributed by atoms with Crippen molar-refractivity contribution in [3.63, 3.8) is 0 Å². The number of fused-ring (bicyclic) bond motifs is 1. The van der Waals surface area contributed by atoms with E-state index in [1.807, 2.05) is 50.0 Å². The second-order valence-corrected chi connectivity index (χ2v) is 10.4. The normalized spacial score (nSPS) is 16.6. The first-order chi connectivity index (χ1) is 18.9. The van der Waals surface area contributed by atoms with E-state index in [9.17, 15) is 4.79 Å². The molecule has 0 bridgehead atoms. The van der Waals surface area contributed by atoms with Gasteiger partial charge in [0.05, 0.1) is 18.3 Å². The van der Waals surface area contributed by atoms with Crippen LogP contribution in [-0.4, -0.2) is 81.3 Å². The highest BCUT2D eigenvalue weighted by Crippen LogP contribution is 2.37. The molecule has 206 valence electrons. The molecule has 0 radical (unpaired) electrons. The smallest absolute Gasteiger partial charge is 0.241 e. The Labute approximate surface area is 230 Å². The molecule has 0 spiro atoms. The third kappa shape index (κ3) is 5.74. The predicted octanol–water partition coefficient (Wildman–Crippen LogP) is 3.55. The standard InChI is InChI=1S/C30H39N7O2/c1-6-37-19-22(30(34-37)39-7-2)17-27-31-18-20(3)28(33-27)25-12-11-24-23(25)9-8-10-26(24)32-29(38)21(4)36-15-13-35(5)14-16-36/h8-10,12,18-19,21H,6-7,11,13-17H2,1-5H3,(H,32,38)/t21-/m1/s1. The maximum Gasteiger partial charge on any atom is 0.241 e. The molecule has 2 aliphatic rings. The molecule has 1 N–H and O–H groups in total. The second-order valence-electron chi connectivity index (χ2n) is 10.4. The summed E-state index contributed by atoms with van der Waals surface area (Å²) in [6.45, 7) is 13.2. The van der Waals surface area contributed by atoms with E-state index in [1.165, 1.54) is 0 Å². The molecule has 3 aromatic rings. The Morgan fingerprint density at radius 2 is 1.97 bits per heavy atom. The number of hydrogen-bond acceptors (Lipinski definition) is 7. The van der Waals surface area contributed by atoms with E-state index < -0.39 is 0 Å². The van der Waals surface area contributed by atoms with E-state index in [-0.39, 0.29) is 11.9 Å². The van der Waals surface area contributed by atoms with Crippen LogP contribution in [0.3, 0.4) is 0 Å². The van der Waals surface area contributed by atoms with E-state index >= 15 is 0 Å². The van der Waals surface area contributed by atoms with Gasteiger partial charge in [0.1, 0.15) is 5.82 Å². The molecular formula is C30H39N7O2. The van der Waals surface area contributed by atoms with E-state index in [1.54, 1.807) is 0 Å². The average molecular weight is 530 g/mol. The number of rotatable bonds is 9. The van der Waals surface area contributed by atoms with Gasteiger partial charge < -0.3 is 15.0 Å². The Hall–Kier alpha value is -3.56. The fourth-order valence-corrected chi connectivity index (χ4v) is 5.32. The number of nitrogens with zero attached hydrogens (tertiary/aromatic N) is 6. The van der Waals surface area contributed by atoms with Crippen LogP contribution in [0.2, 0.25) is 0 Å². The Morgan fingerprint density at radius 1 is 1.18 bits per heavy atom. The van der Waals surface area contributed by atoms with Crippen LogP contribution in [0.15, 0.2) is 36.7 Å². The second kappa shape index (κ2) is 11.7. The van der Waals surface area contributed by atoms with Crippen molar-refractivity contribution in [3.8, 4) is 5.88 Å². The third-order valence-corrected chi connectivity index (χ3v) is 7.73. The Kier molecular flexibility index (Phi) is 8.09. The van der Waals surface area contributed by atoms with E-state index in [2.05, 4.69) is 51.3 Å². The third-order valence-electron chi connectivity index (χ3n) is 7.73. The van der Waals surface area contributed by atoms with Gasteiger partial charge in [-0.05, 0) is 63.9 Å². The van der Waals surface area contributed by atoms with Gasteiger partial charge in [0.2, 0.25) is 11.8 Å². The molecule has 1 aliphatic carbocycles. The summed E-state index contributed by atoms with van der Waals surface area (Å²) >= 11 is 0. The van der Waals surface area contributed by atoms with Crippen LogP contribution in [0.4, 0.5) is 5.69 Å². The molecule has 1 atom stereocenters. The molecule has 1 aromatic carbocycles. The van der Waals surface area contributed by atoms with Crippen molar-refractivity contribution in [1.29, 1.82) is 0 Å². The number of aryl methyl sites for hydroxylation is 2. The number of hydrogen-bond donors (Lipinski definition) is 1. The Bertz CT molecular complexity index is 1370. The molecule has 1 saturated heterocycles. The van der Waals surface area contributed by atoms with Crippen LogP contribution in [0.25, 0.3) is 5.57 Å². The Morgan fingerprint density at radius 3 is 2.72 bits per heavy atom. The largest absolute Gasteiger partial charge is 0.477 e. The number of likely N-dealkylation sites (N-methyl/N-ethyl adjacent to an activating group) is 1. The number of benzene rings is 1. The molecule has 1 amide bonds. The molecule has 1 aliphatic heterocycles. The summed E-state index contributed by atoms with van der Waals surface area (Å²) < 4.78 is 7.64. The lowest BCUT2D eigenvalue weighted by Gasteiger charge is -2.35. The van der Waals surface area contributed by atoms with Crippen LogP contribution in [0, 0.1) is 6.92 Å². The lowest BCUT2D eigenvalue weighted by Crippen LogP contribution is -2.51. The summed E-state index contributed by atoms with van der Waals surface area (Å²) in [5, 5.41) is 7.75. The van der Waals surface area contributed by atoms with Crippen LogP contribution >= 0.6 is 0 Å². The van der Waals surface area contributed by atoms with Crippen molar-refractivity contribution in [2.75, 3.05) is 45.2 Å². The molecule has 9 heteroatoms. The van der Waals surface area contributed by atoms with E-state index in [4.69, 9.17) is 9.72 Å². The lowest BCUT2D eigenvalue weighted by molar-refractivity contribution is -0.121. The van der Waals surface area contributed by atoms with Crippen molar-refractivity contribution in [1.82, 2.24) is 29.5 Å². The van der Waals surface area contributed by atoms with Crippen LogP contribution < -0.4 is 10.1 Å². The van der Waals surface area contributed by atoms with Gasteiger partial charge in [-0.2, -0.15) is 0 Å². The zero-order valence-corrected chi connectivity index (χ0v) is 23.7. The van der Waals surface area contributed by atoms with Gasteiger partial charge in [-0.3, -0.25) is 14.4 Å². The van der Waals surface area contributed by atoms with E-state index in [0.29, 0.717) is 18.9 Å². The summed E-state index contributed by atoms with van der Waals surface area (Å²) in [5.74, 6) is 1.41. The summed E-state index contributed by atoms with van der Waals surface area (Å²) in [4.78, 5) is 27.4. The van der Waals surface area contributed by atoms with Gasteiger partial charge in [-0.1, -0.05) is 18.2 Å². The molecule has 9 nitrogen and oxygen atoms in total. The molecule has 3 heterocycles. The first-order valence-electron chi connectivity index (χ1n) is 14.0. The molecular weight excluding hydrogens is 490 g/mol. The number of piperazine rings is 1. The number of amides is 1. The van der Waals surface area contributed by atoms with Crippen LogP contribution in [0.5, 0.6) is 5.88 Å². The number of nitrogens with one attached hydrogen (secondary N) is 1. The van der Waals surface area contributed by atoms with Crippen LogP contribution in [-0.2, 0) is 24.2 Å². The topological polar surface area (TPSA) is 88.4 Å². The number of allylic oxidation sites excluding steroid dienone is 1. The number of carbonyl (C=O) groups excluding carboxylic acids is 1. The first-order valence-corrected chi connectivity index (χ1v) is 14.0. The van der Waals surface area contributed by atoms with Crippen LogP contribution in [0.1, 0.15) is 54.5 Å². The minimum atomic E-state index is -0.173. The number of aromatic nitrogens is 4. The first kappa shape index (κ1) is 27.0. The highest BCUT2D eigenvalue weighted by atomic mass is 16.5. The average Bonchev–Trinajstić information content (AvgIpc) is 3.54. The zero-order chi connectivity index (χ0) is 27.5. The summed E-state index contributed by atoms with van der Waals surface area (Å²) in [5.41, 5.74) is 7.14. The van der Waals surface area contributed by atoms with Gasteiger partial charge >= 0.3 is 0 Å². The minimum Gasteiger partial charge on any atom is -0.477 e. The van der Waals surface area contributed by atoms with Gasteiger partial charge in [-0.25, -0.2) is 9.97 Å². The Balaban J connectivity index is 1.36. The maximum atomic E-state index is 13.2. The summed E-state index contributed by atoms with van der Waals surface area (Å²) in [6, 6.07) is 5.96. The lowest BCUT2D eigenvalue weighted by atomic mass is 9.99. The van der Waals surface area contributed by atoms with Gasteiger partial charge in [0.15, 0.2) is 0 Å². The van der Waals surface area contributed by atoms with Gasteiger partial charge in [0, 0.05) is 68.4 Å². The maximum absolute atomic E-state index is 13.2. The highest BCUT2D eigenvalue weighted by molar-refractivity contribution is 5.97. The zero-order valence-electron chi connectivity index (χ0n) is 23.7. The number of carbonyl (C=O) groups is 1. The highest BCUT2D eigenvalue weighted by Gasteiger charge is 2.27. The van der Waals surface area contributed by atoms with E-state index in [0.717, 1.165) is 84.2 Å². The van der Waals surface area contributed by atoms with Gasteiger partial charge in [0.25, 0.3) is 0 Å². The summed E-state index contributed by atoms with van der Waals surface area (Å²) in [6.07, 6.45) is 7.41. The number of anilines is 1.